The summed E-state index contributed by atoms with van der Waals surface area (Å²) in [6.07, 6.45) is 4.83. The van der Waals surface area contributed by atoms with Crippen LogP contribution in [0.3, 0.4) is 0 Å². The molecule has 0 unspecified atom stereocenters. The van der Waals surface area contributed by atoms with Crippen molar-refractivity contribution in [1.82, 2.24) is 39.9 Å². The van der Waals surface area contributed by atoms with Gasteiger partial charge in [0.1, 0.15) is 43.2 Å². The van der Waals surface area contributed by atoms with Gasteiger partial charge in [0.2, 0.25) is 20.9 Å². The molecule has 0 fully saturated rings. The summed E-state index contributed by atoms with van der Waals surface area (Å²) in [5, 5.41) is 12.0. The lowest BCUT2D eigenvalue weighted by Crippen LogP contribution is -2.12. The van der Waals surface area contributed by atoms with Gasteiger partial charge in [-0.2, -0.15) is 9.97 Å². The van der Waals surface area contributed by atoms with E-state index in [1.807, 2.05) is 91.4 Å². The molecule has 0 saturated carbocycles. The minimum absolute atomic E-state index is 0. The number of hydrogen-bond donors (Lipinski definition) is 7. The van der Waals surface area contributed by atoms with E-state index in [0.717, 1.165) is 29.7 Å². The van der Waals surface area contributed by atoms with Crippen molar-refractivity contribution in [3.05, 3.63) is 158 Å². The van der Waals surface area contributed by atoms with Crippen molar-refractivity contribution in [3.63, 3.8) is 0 Å². The predicted octanol–water partition coefficient (Wildman–Crippen LogP) is 10.8. The maximum atomic E-state index is 11.4. The third-order valence-corrected chi connectivity index (χ3v) is 10.4. The van der Waals surface area contributed by atoms with E-state index in [-0.39, 0.29) is 30.6 Å². The molecule has 26 heteroatoms. The highest BCUT2D eigenvalue weighted by molar-refractivity contribution is 7.98. The number of nitrogens with one attached hydrogen (secondary N) is 6. The number of nitrogens with zero attached hydrogens (tertiary/aromatic N) is 8. The summed E-state index contributed by atoms with van der Waals surface area (Å²) >= 11 is 31.6. The van der Waals surface area contributed by atoms with Gasteiger partial charge in [0.05, 0.1) is 0 Å². The molecule has 4 aromatic heterocycles. The van der Waals surface area contributed by atoms with Gasteiger partial charge in [0, 0.05) is 51.6 Å². The number of anilines is 4. The molecule has 7 aromatic rings. The second-order valence-corrected chi connectivity index (χ2v) is 17.6. The lowest BCUT2D eigenvalue weighted by Gasteiger charge is -2.07. The molecule has 0 aliphatic heterocycles. The molecule has 0 saturated heterocycles. The quantitative estimate of drug-likeness (QED) is 0.0141. The number of benzene rings is 3. The van der Waals surface area contributed by atoms with Crippen molar-refractivity contribution >= 4 is 115 Å². The Balaban J connectivity index is 0.000000872. The van der Waals surface area contributed by atoms with E-state index in [1.54, 1.807) is 12.1 Å². The summed E-state index contributed by atoms with van der Waals surface area (Å²) in [5.41, 5.74) is 15.8. The first kappa shape index (κ1) is 59.8. The van der Waals surface area contributed by atoms with Crippen LogP contribution in [-0.4, -0.2) is 72.5 Å². The monoisotopic (exact) mass is 1070 g/mol. The van der Waals surface area contributed by atoms with Gasteiger partial charge >= 0.3 is 0 Å². The third kappa shape index (κ3) is 23.9. The normalized spacial score (nSPS) is 9.87. The number of sulfone groups is 1. The standard InChI is InChI=1S/C12H12ClN3O2S.C12H12ClN3S.C11H12ClN5.C5H4Cl2N2S.CH4.H2N2.H2O.H2/c1-19(17,18)12-15-10(13)7-11(16-12)14-8-9-5-3-2-4-6-9;1-17-12-15-10(13)7-11(16-12)14-8-9-5-3-2-4-6-9;12-9-6-10(16-11(15-9)17-13)14-7-8-4-2-1-3-5-8;1-10-5-8-3(6)2-4(7)9-5;;1-2;;/h2-7H,8H2,1H3,(H,14,15,16);2-7H,8H2,1H3,(H,14,15,16);1-6H,7,13H2,(H2,14,15,16,17);2H,1H3;1H4;1-2H;1H2;1H. The number of hydrazine groups is 1. The molecule has 7 rings (SSSR count). The molecule has 0 radical (unpaired) electrons. The Labute approximate surface area is 424 Å². The van der Waals surface area contributed by atoms with Gasteiger partial charge in [-0.15, -0.1) is 0 Å². The molecule has 18 nitrogen and oxygen atoms in total. The Hall–Kier alpha value is -5.20. The predicted molar refractivity (Wildman–Crippen MR) is 277 cm³/mol. The van der Waals surface area contributed by atoms with Crippen molar-refractivity contribution in [1.29, 1.82) is 11.1 Å². The first-order chi connectivity index (χ1) is 31.2. The largest absolute Gasteiger partial charge is 0.412 e. The summed E-state index contributed by atoms with van der Waals surface area (Å²) in [5.74, 6) is 7.27. The maximum absolute atomic E-state index is 11.4. The minimum Gasteiger partial charge on any atom is -0.412 e. The first-order valence-corrected chi connectivity index (χ1v) is 24.6. The molecule has 67 heavy (non-hydrogen) atoms. The summed E-state index contributed by atoms with van der Waals surface area (Å²) in [7, 11) is -3.48. The van der Waals surface area contributed by atoms with E-state index in [9.17, 15) is 8.42 Å². The fourth-order valence-electron chi connectivity index (χ4n) is 4.63. The second kappa shape index (κ2) is 32.5. The van der Waals surface area contributed by atoms with Crippen LogP contribution in [0.2, 0.25) is 25.8 Å². The number of aromatic nitrogens is 8. The Morgan fingerprint density at radius 3 is 1.24 bits per heavy atom. The average Bonchev–Trinajstić information content (AvgIpc) is 3.30. The van der Waals surface area contributed by atoms with Gasteiger partial charge in [0.15, 0.2) is 10.3 Å². The van der Waals surface area contributed by atoms with Gasteiger partial charge in [-0.25, -0.2) is 55.2 Å². The summed E-state index contributed by atoms with van der Waals surface area (Å²) < 4.78 is 22.8. The highest BCUT2D eigenvalue weighted by Gasteiger charge is 2.13. The molecule has 4 heterocycles. The van der Waals surface area contributed by atoms with Gasteiger partial charge < -0.3 is 21.4 Å². The van der Waals surface area contributed by atoms with Crippen molar-refractivity contribution in [3.8, 4) is 0 Å². The van der Waals surface area contributed by atoms with Crippen LogP contribution in [-0.2, 0) is 29.5 Å². The third-order valence-electron chi connectivity index (χ3n) is 7.46. The van der Waals surface area contributed by atoms with E-state index in [0.29, 0.717) is 55.7 Å². The fraction of sp³-hybridized carbons (Fsp3) is 0.171. The number of hydrogen-bond acceptors (Lipinski definition) is 19. The Morgan fingerprint density at radius 2 is 0.866 bits per heavy atom. The van der Waals surface area contributed by atoms with Crippen LogP contribution in [0.15, 0.2) is 131 Å². The van der Waals surface area contributed by atoms with Crippen LogP contribution in [0, 0.1) is 11.1 Å². The van der Waals surface area contributed by atoms with Gasteiger partial charge in [-0.05, 0) is 29.2 Å². The van der Waals surface area contributed by atoms with Crippen LogP contribution < -0.4 is 27.2 Å². The lowest BCUT2D eigenvalue weighted by molar-refractivity contribution is 0.593. The second-order valence-electron chi connectivity index (χ2n) is 12.3. The molecule has 10 N–H and O–H groups in total. The highest BCUT2D eigenvalue weighted by atomic mass is 35.5. The Morgan fingerprint density at radius 1 is 0.537 bits per heavy atom. The van der Waals surface area contributed by atoms with E-state index in [1.165, 1.54) is 41.2 Å². The molecule has 0 amide bonds. The van der Waals surface area contributed by atoms with Gasteiger partial charge in [-0.3, -0.25) is 5.43 Å². The number of rotatable bonds is 13. The molecular formula is C41H50Cl5N15O3S3. The maximum Gasteiger partial charge on any atom is 0.250 e. The molecule has 360 valence electrons. The summed E-state index contributed by atoms with van der Waals surface area (Å²) in [4.78, 5) is 31.8. The zero-order valence-corrected chi connectivity index (χ0v) is 41.4. The SMILES string of the molecule is C.CS(=O)(=O)c1nc(Cl)cc(NCc2ccccc2)n1.CSc1nc(Cl)cc(Cl)n1.CSc1nc(Cl)cc(NCc2ccccc2)n1.N=N.NNc1nc(Cl)cc(NCc2ccccc2)n1.O.[HH]. The van der Waals surface area contributed by atoms with E-state index < -0.39 is 9.84 Å². The molecular weight excluding hydrogens is 1020 g/mol. The fourth-order valence-corrected chi connectivity index (χ4v) is 7.09. The first-order valence-electron chi connectivity index (χ1n) is 18.4. The smallest absolute Gasteiger partial charge is 0.250 e. The molecule has 3 aromatic carbocycles. The van der Waals surface area contributed by atoms with E-state index in [4.69, 9.17) is 74.9 Å². The number of nitrogen functional groups attached to an aromatic ring is 1. The van der Waals surface area contributed by atoms with Crippen LogP contribution in [0.25, 0.3) is 0 Å². The zero-order valence-electron chi connectivity index (χ0n) is 35.2. The van der Waals surface area contributed by atoms with E-state index >= 15 is 0 Å². The summed E-state index contributed by atoms with van der Waals surface area (Å²) in [6.45, 7) is 1.91. The van der Waals surface area contributed by atoms with Gasteiger partial charge in [-0.1, -0.05) is 180 Å². The molecule has 0 bridgehead atoms. The lowest BCUT2D eigenvalue weighted by atomic mass is 10.2. The van der Waals surface area contributed by atoms with Crippen molar-refractivity contribution in [2.75, 3.05) is 40.1 Å². The Kier molecular flexibility index (Phi) is 29.0. The number of thioether (sulfide) groups is 2. The van der Waals surface area contributed by atoms with Crippen molar-refractivity contribution in [2.45, 2.75) is 42.5 Å². The van der Waals surface area contributed by atoms with E-state index in [2.05, 4.69) is 73.4 Å². The zero-order chi connectivity index (χ0) is 47.6. The highest BCUT2D eigenvalue weighted by Crippen LogP contribution is 2.20. The van der Waals surface area contributed by atoms with Crippen LogP contribution in [0.1, 0.15) is 25.5 Å². The molecule has 0 aliphatic rings. The van der Waals surface area contributed by atoms with Gasteiger partial charge in [0.25, 0.3) is 0 Å². The number of halogens is 5. The molecule has 0 spiro atoms. The molecule has 0 aliphatic carbocycles. The van der Waals surface area contributed by atoms with Crippen molar-refractivity contribution in [2.24, 2.45) is 5.84 Å². The minimum atomic E-state index is -3.48. The van der Waals surface area contributed by atoms with Crippen LogP contribution >= 0.6 is 81.5 Å². The topological polar surface area (TPSA) is 291 Å². The molecule has 0 atom stereocenters. The van der Waals surface area contributed by atoms with Crippen LogP contribution in [0.4, 0.5) is 23.4 Å². The summed E-state index contributed by atoms with van der Waals surface area (Å²) in [6, 6.07) is 36.2. The Bertz CT molecular complexity index is 2520. The van der Waals surface area contributed by atoms with Crippen molar-refractivity contribution < 1.29 is 15.3 Å². The number of nitrogens with two attached hydrogens (primary N) is 1. The van der Waals surface area contributed by atoms with Crippen LogP contribution in [0.5, 0.6) is 0 Å². The average molecular weight is 1070 g/mol.